The molecule has 0 spiro atoms. The lowest BCUT2D eigenvalue weighted by atomic mass is 10.2. The molecule has 1 heterocycles. The van der Waals surface area contributed by atoms with E-state index < -0.39 is 0 Å². The monoisotopic (exact) mass is 486 g/mol. The van der Waals surface area contributed by atoms with Crippen LogP contribution in [-0.4, -0.2) is 12.1 Å². The second-order valence-electron chi connectivity index (χ2n) is 3.60. The number of hydrazone groups is 1. The summed E-state index contributed by atoms with van der Waals surface area (Å²) in [6.07, 6.45) is 1.41. The van der Waals surface area contributed by atoms with Crippen LogP contribution in [0.15, 0.2) is 38.3 Å². The summed E-state index contributed by atoms with van der Waals surface area (Å²) in [4.78, 5) is 11.8. The zero-order valence-electron chi connectivity index (χ0n) is 9.66. The summed E-state index contributed by atoms with van der Waals surface area (Å²) in [5.41, 5.74) is 2.74. The summed E-state index contributed by atoms with van der Waals surface area (Å²) in [5.74, 6) is 0.135. The topological polar surface area (TPSA) is 54.6 Å². The van der Waals surface area contributed by atoms with Crippen molar-refractivity contribution in [2.75, 3.05) is 0 Å². The fraction of sp³-hybridized carbons (Fsp3) is 0. The Bertz CT molecular complexity index is 669. The Morgan fingerprint density at radius 2 is 2.10 bits per heavy atom. The third kappa shape index (κ3) is 3.97. The van der Waals surface area contributed by atoms with Crippen LogP contribution < -0.4 is 5.43 Å². The van der Waals surface area contributed by atoms with E-state index in [-0.39, 0.29) is 5.91 Å². The van der Waals surface area contributed by atoms with E-state index >= 15 is 0 Å². The first kappa shape index (κ1) is 15.8. The third-order valence-electron chi connectivity index (χ3n) is 2.20. The Labute approximate surface area is 146 Å². The summed E-state index contributed by atoms with van der Waals surface area (Å²) >= 11 is 17.0. The minimum absolute atomic E-state index is 0.313. The molecule has 1 aromatic carbocycles. The van der Waals surface area contributed by atoms with Crippen molar-refractivity contribution in [1.29, 1.82) is 0 Å². The van der Waals surface area contributed by atoms with Gasteiger partial charge in [-0.15, -0.1) is 0 Å². The molecule has 0 unspecified atom stereocenters. The SMILES string of the molecule is O=C(N/N=C\c1cc(Br)c(I)o1)c1ccc(Cl)c(Cl)c1. The molecule has 1 N–H and O–H groups in total. The van der Waals surface area contributed by atoms with Crippen LogP contribution in [0.2, 0.25) is 10.0 Å². The summed E-state index contributed by atoms with van der Waals surface area (Å²) in [5, 5.41) is 4.51. The number of nitrogens with zero attached hydrogens (tertiary/aromatic N) is 1. The first-order valence-corrected chi connectivity index (χ1v) is 7.83. The van der Waals surface area contributed by atoms with Gasteiger partial charge in [-0.25, -0.2) is 5.43 Å². The molecule has 2 aromatic rings. The van der Waals surface area contributed by atoms with Gasteiger partial charge in [-0.05, 0) is 34.1 Å². The number of hydrogen-bond donors (Lipinski definition) is 1. The molecular formula is C12H6BrCl2IN2O2. The molecule has 0 aliphatic rings. The third-order valence-corrected chi connectivity index (χ3v) is 5.07. The number of nitrogens with one attached hydrogen (secondary N) is 1. The van der Waals surface area contributed by atoms with Gasteiger partial charge in [-0.2, -0.15) is 5.10 Å². The maximum absolute atomic E-state index is 11.8. The number of carbonyl (C=O) groups is 1. The zero-order chi connectivity index (χ0) is 14.7. The highest BCUT2D eigenvalue weighted by molar-refractivity contribution is 14.1. The van der Waals surface area contributed by atoms with Crippen LogP contribution in [0.3, 0.4) is 0 Å². The molecule has 20 heavy (non-hydrogen) atoms. The molecule has 0 aliphatic heterocycles. The Hall–Kier alpha value is -0.570. The maximum atomic E-state index is 11.8. The average molecular weight is 488 g/mol. The quantitative estimate of drug-likeness (QED) is 0.387. The van der Waals surface area contributed by atoms with E-state index in [9.17, 15) is 4.79 Å². The molecule has 0 fully saturated rings. The maximum Gasteiger partial charge on any atom is 0.271 e. The molecule has 1 amide bonds. The lowest BCUT2D eigenvalue weighted by Gasteiger charge is -2.01. The van der Waals surface area contributed by atoms with Gasteiger partial charge in [0.25, 0.3) is 5.91 Å². The van der Waals surface area contributed by atoms with Crippen molar-refractivity contribution in [2.24, 2.45) is 5.10 Å². The summed E-state index contributed by atoms with van der Waals surface area (Å²) < 4.78 is 6.87. The van der Waals surface area contributed by atoms with Crippen molar-refractivity contribution >= 4 is 73.8 Å². The Morgan fingerprint density at radius 1 is 1.35 bits per heavy atom. The number of furan rings is 1. The predicted octanol–water partition coefficient (Wildman–Crippen LogP) is 4.72. The lowest BCUT2D eigenvalue weighted by Crippen LogP contribution is -2.17. The van der Waals surface area contributed by atoms with E-state index in [4.69, 9.17) is 27.6 Å². The molecule has 104 valence electrons. The highest BCUT2D eigenvalue weighted by Crippen LogP contribution is 2.23. The van der Waals surface area contributed by atoms with Gasteiger partial charge in [0, 0.05) is 34.2 Å². The molecule has 0 saturated heterocycles. The van der Waals surface area contributed by atoms with E-state index in [2.05, 4.69) is 26.5 Å². The van der Waals surface area contributed by atoms with Gasteiger partial charge in [0.2, 0.25) is 0 Å². The normalized spacial score (nSPS) is 11.0. The Kier molecular flexibility index (Phi) is 5.48. The van der Waals surface area contributed by atoms with Crippen LogP contribution in [-0.2, 0) is 0 Å². The van der Waals surface area contributed by atoms with Gasteiger partial charge in [0.15, 0.2) is 3.77 Å². The van der Waals surface area contributed by atoms with Crippen LogP contribution in [0.5, 0.6) is 0 Å². The Balaban J connectivity index is 2.03. The summed E-state index contributed by atoms with van der Waals surface area (Å²) in [6.45, 7) is 0. The highest BCUT2D eigenvalue weighted by atomic mass is 127. The summed E-state index contributed by atoms with van der Waals surface area (Å²) in [7, 11) is 0. The molecule has 8 heteroatoms. The standard InChI is InChI=1S/C12H6BrCl2IN2O2/c13-8-4-7(20-11(8)16)5-17-18-12(19)6-1-2-9(14)10(15)3-6/h1-5H,(H,18,19)/b17-5-. The minimum atomic E-state index is -0.389. The molecule has 0 bridgehead atoms. The van der Waals surface area contributed by atoms with Crippen molar-refractivity contribution in [2.45, 2.75) is 0 Å². The Morgan fingerprint density at radius 3 is 2.70 bits per heavy atom. The van der Waals surface area contributed by atoms with Crippen LogP contribution in [0, 0.1) is 3.77 Å². The summed E-state index contributed by atoms with van der Waals surface area (Å²) in [6, 6.07) is 6.33. The highest BCUT2D eigenvalue weighted by Gasteiger charge is 2.07. The van der Waals surface area contributed by atoms with Crippen LogP contribution in [0.25, 0.3) is 0 Å². The van der Waals surface area contributed by atoms with Crippen molar-refractivity contribution in [3.8, 4) is 0 Å². The second kappa shape index (κ2) is 6.93. The van der Waals surface area contributed by atoms with Gasteiger partial charge >= 0.3 is 0 Å². The van der Waals surface area contributed by atoms with Crippen molar-refractivity contribution in [3.63, 3.8) is 0 Å². The van der Waals surface area contributed by atoms with Crippen molar-refractivity contribution in [1.82, 2.24) is 5.43 Å². The van der Waals surface area contributed by atoms with E-state index in [0.29, 0.717) is 25.1 Å². The fourth-order valence-corrected chi connectivity index (χ4v) is 2.30. The first-order valence-electron chi connectivity index (χ1n) is 5.20. The van der Waals surface area contributed by atoms with Crippen LogP contribution in [0.4, 0.5) is 0 Å². The first-order chi connectivity index (χ1) is 9.47. The number of carbonyl (C=O) groups excluding carboxylic acids is 1. The van der Waals surface area contributed by atoms with Crippen molar-refractivity contribution < 1.29 is 9.21 Å². The molecule has 0 atom stereocenters. The van der Waals surface area contributed by atoms with E-state index in [1.807, 2.05) is 22.6 Å². The molecule has 2 rings (SSSR count). The molecule has 4 nitrogen and oxygen atoms in total. The molecule has 0 saturated carbocycles. The molecule has 1 aromatic heterocycles. The van der Waals surface area contributed by atoms with E-state index in [1.54, 1.807) is 18.2 Å². The van der Waals surface area contributed by atoms with E-state index in [0.717, 1.165) is 4.47 Å². The fourth-order valence-electron chi connectivity index (χ4n) is 1.28. The van der Waals surface area contributed by atoms with Gasteiger partial charge in [-0.3, -0.25) is 4.79 Å². The van der Waals surface area contributed by atoms with Gasteiger partial charge < -0.3 is 4.42 Å². The van der Waals surface area contributed by atoms with Crippen LogP contribution in [0.1, 0.15) is 16.1 Å². The number of halogens is 4. The molecular weight excluding hydrogens is 482 g/mol. The van der Waals surface area contributed by atoms with Gasteiger partial charge in [-0.1, -0.05) is 23.2 Å². The van der Waals surface area contributed by atoms with E-state index in [1.165, 1.54) is 12.3 Å². The number of hydrogen-bond acceptors (Lipinski definition) is 3. The zero-order valence-corrected chi connectivity index (χ0v) is 14.9. The number of amides is 1. The van der Waals surface area contributed by atoms with Crippen LogP contribution >= 0.6 is 61.7 Å². The smallest absolute Gasteiger partial charge is 0.271 e. The largest absolute Gasteiger partial charge is 0.448 e. The van der Waals surface area contributed by atoms with Gasteiger partial charge in [0.1, 0.15) is 5.76 Å². The lowest BCUT2D eigenvalue weighted by molar-refractivity contribution is 0.0955. The minimum Gasteiger partial charge on any atom is -0.448 e. The second-order valence-corrected chi connectivity index (χ2v) is 6.25. The van der Waals surface area contributed by atoms with Crippen molar-refractivity contribution in [3.05, 3.63) is 53.9 Å². The number of benzene rings is 1. The van der Waals surface area contributed by atoms with Gasteiger partial charge in [0.05, 0.1) is 20.7 Å². The predicted molar refractivity (Wildman–Crippen MR) is 90.6 cm³/mol. The molecule has 0 aliphatic carbocycles. The molecule has 0 radical (unpaired) electrons. The number of rotatable bonds is 3. The average Bonchev–Trinajstić information content (AvgIpc) is 2.72.